The summed E-state index contributed by atoms with van der Waals surface area (Å²) in [5.74, 6) is 0.465. The molecule has 0 unspecified atom stereocenters. The zero-order valence-electron chi connectivity index (χ0n) is 12.3. The fourth-order valence-corrected chi connectivity index (χ4v) is 3.78. The van der Waals surface area contributed by atoms with Gasteiger partial charge in [0, 0.05) is 12.1 Å². The predicted octanol–water partition coefficient (Wildman–Crippen LogP) is 3.95. The first-order valence-corrected chi connectivity index (χ1v) is 7.97. The van der Waals surface area contributed by atoms with Crippen molar-refractivity contribution >= 4 is 0 Å². The van der Waals surface area contributed by atoms with E-state index in [1.807, 2.05) is 6.07 Å². The minimum absolute atomic E-state index is 0.465. The highest BCUT2D eigenvalue weighted by Gasteiger charge is 2.24. The van der Waals surface area contributed by atoms with Crippen LogP contribution in [0.5, 0.6) is 5.75 Å². The van der Waals surface area contributed by atoms with Gasteiger partial charge in [0.25, 0.3) is 0 Å². The van der Waals surface area contributed by atoms with E-state index >= 15 is 0 Å². The lowest BCUT2D eigenvalue weighted by molar-refractivity contribution is 0.218. The Morgan fingerprint density at radius 1 is 0.905 bits per heavy atom. The molecule has 0 saturated carbocycles. The lowest BCUT2D eigenvalue weighted by Crippen LogP contribution is -2.29. The number of benzene rings is 2. The average molecular weight is 279 g/mol. The molecule has 1 aliphatic heterocycles. The summed E-state index contributed by atoms with van der Waals surface area (Å²) >= 11 is 0. The van der Waals surface area contributed by atoms with Crippen LogP contribution in [0.2, 0.25) is 0 Å². The number of rotatable bonds is 2. The third-order valence-electron chi connectivity index (χ3n) is 4.91. The highest BCUT2D eigenvalue weighted by atomic mass is 16.3. The monoisotopic (exact) mass is 279 g/mol. The van der Waals surface area contributed by atoms with Crippen LogP contribution in [0.4, 0.5) is 0 Å². The van der Waals surface area contributed by atoms with Gasteiger partial charge in [-0.1, -0.05) is 36.8 Å². The maximum atomic E-state index is 10.4. The molecule has 0 amide bonds. The molecular weight excluding hydrogens is 258 g/mol. The molecule has 2 heteroatoms. The minimum atomic E-state index is 0.465. The number of hydrogen-bond donors (Lipinski definition) is 1. The number of hydrogen-bond acceptors (Lipinski definition) is 2. The summed E-state index contributed by atoms with van der Waals surface area (Å²) in [4.78, 5) is 2.49. The number of piperidine rings is 1. The number of likely N-dealkylation sites (tertiary alicyclic amines) is 1. The van der Waals surface area contributed by atoms with Gasteiger partial charge in [-0.15, -0.1) is 0 Å². The van der Waals surface area contributed by atoms with Crippen molar-refractivity contribution in [1.82, 2.24) is 4.90 Å². The van der Waals surface area contributed by atoms with Gasteiger partial charge >= 0.3 is 0 Å². The highest BCUT2D eigenvalue weighted by molar-refractivity contribution is 5.79. The quantitative estimate of drug-likeness (QED) is 0.768. The molecule has 0 spiro atoms. The second-order valence-electron chi connectivity index (χ2n) is 6.26. The van der Waals surface area contributed by atoms with Crippen molar-refractivity contribution in [2.24, 2.45) is 0 Å². The molecule has 2 aromatic carbocycles. The highest BCUT2D eigenvalue weighted by Crippen LogP contribution is 2.41. The van der Waals surface area contributed by atoms with E-state index in [1.165, 1.54) is 41.5 Å². The Morgan fingerprint density at radius 3 is 2.57 bits per heavy atom. The van der Waals surface area contributed by atoms with Crippen molar-refractivity contribution in [3.05, 3.63) is 53.1 Å². The van der Waals surface area contributed by atoms with Crippen molar-refractivity contribution in [3.63, 3.8) is 0 Å². The van der Waals surface area contributed by atoms with Crippen LogP contribution < -0.4 is 0 Å². The molecule has 1 aliphatic carbocycles. The molecule has 4 rings (SSSR count). The Labute approximate surface area is 126 Å². The van der Waals surface area contributed by atoms with Gasteiger partial charge < -0.3 is 5.11 Å². The van der Waals surface area contributed by atoms with Crippen molar-refractivity contribution in [2.45, 2.75) is 32.2 Å². The van der Waals surface area contributed by atoms with Gasteiger partial charge in [0.05, 0.1) is 0 Å². The number of nitrogens with zero attached hydrogens (tertiary/aromatic N) is 1. The zero-order chi connectivity index (χ0) is 14.2. The van der Waals surface area contributed by atoms with Gasteiger partial charge in [-0.05, 0) is 60.7 Å². The summed E-state index contributed by atoms with van der Waals surface area (Å²) in [6.07, 6.45) is 4.88. The van der Waals surface area contributed by atoms with Crippen molar-refractivity contribution < 1.29 is 5.11 Å². The lowest BCUT2D eigenvalue weighted by atomic mass is 9.99. The fraction of sp³-hybridized carbons (Fsp3) is 0.368. The number of aromatic hydroxyl groups is 1. The Hall–Kier alpha value is -1.80. The van der Waals surface area contributed by atoms with Crippen LogP contribution in [0.15, 0.2) is 36.4 Å². The maximum Gasteiger partial charge on any atom is 0.120 e. The molecule has 0 atom stereocenters. The SMILES string of the molecule is Oc1ccc2c(c1CN1CCCCC1)Cc1ccccc1-2. The molecule has 0 aromatic heterocycles. The van der Waals surface area contributed by atoms with E-state index in [1.54, 1.807) is 0 Å². The fourth-order valence-electron chi connectivity index (χ4n) is 3.78. The second kappa shape index (κ2) is 5.19. The third-order valence-corrected chi connectivity index (χ3v) is 4.91. The molecule has 1 heterocycles. The first kappa shape index (κ1) is 12.9. The predicted molar refractivity (Wildman–Crippen MR) is 85.5 cm³/mol. The number of phenolic OH excluding ortho intramolecular Hbond substituents is 1. The van der Waals surface area contributed by atoms with Crippen LogP contribution in [-0.2, 0) is 13.0 Å². The molecule has 1 fully saturated rings. The van der Waals surface area contributed by atoms with E-state index in [0.29, 0.717) is 5.75 Å². The van der Waals surface area contributed by atoms with E-state index in [2.05, 4.69) is 35.2 Å². The molecule has 1 saturated heterocycles. The first-order chi connectivity index (χ1) is 10.3. The van der Waals surface area contributed by atoms with Crippen LogP contribution >= 0.6 is 0 Å². The van der Waals surface area contributed by atoms with E-state index in [-0.39, 0.29) is 0 Å². The molecule has 2 nitrogen and oxygen atoms in total. The molecule has 2 aliphatic rings. The van der Waals surface area contributed by atoms with Gasteiger partial charge in [0.15, 0.2) is 0 Å². The van der Waals surface area contributed by atoms with Gasteiger partial charge in [-0.2, -0.15) is 0 Å². The molecule has 0 bridgehead atoms. The normalized spacial score (nSPS) is 17.5. The van der Waals surface area contributed by atoms with Crippen LogP contribution in [0, 0.1) is 0 Å². The van der Waals surface area contributed by atoms with E-state index in [0.717, 1.165) is 31.6 Å². The molecule has 21 heavy (non-hydrogen) atoms. The topological polar surface area (TPSA) is 23.5 Å². The smallest absolute Gasteiger partial charge is 0.120 e. The summed E-state index contributed by atoms with van der Waals surface area (Å²) in [6.45, 7) is 3.22. The van der Waals surface area contributed by atoms with E-state index in [4.69, 9.17) is 0 Å². The van der Waals surface area contributed by atoms with Crippen LogP contribution in [-0.4, -0.2) is 23.1 Å². The van der Waals surface area contributed by atoms with Gasteiger partial charge in [-0.25, -0.2) is 0 Å². The zero-order valence-corrected chi connectivity index (χ0v) is 12.3. The van der Waals surface area contributed by atoms with Crippen LogP contribution in [0.3, 0.4) is 0 Å². The molecule has 0 radical (unpaired) electrons. The summed E-state index contributed by atoms with van der Waals surface area (Å²) in [6, 6.07) is 12.6. The average Bonchev–Trinajstić information content (AvgIpc) is 2.90. The third kappa shape index (κ3) is 2.24. The van der Waals surface area contributed by atoms with Crippen LogP contribution in [0.25, 0.3) is 11.1 Å². The number of fused-ring (bicyclic) bond motifs is 3. The summed E-state index contributed by atoms with van der Waals surface area (Å²) in [7, 11) is 0. The summed E-state index contributed by atoms with van der Waals surface area (Å²) in [5, 5.41) is 10.4. The second-order valence-corrected chi connectivity index (χ2v) is 6.26. The lowest BCUT2D eigenvalue weighted by Gasteiger charge is -2.27. The summed E-state index contributed by atoms with van der Waals surface area (Å²) < 4.78 is 0. The Balaban J connectivity index is 1.72. The minimum Gasteiger partial charge on any atom is -0.508 e. The van der Waals surface area contributed by atoms with Gasteiger partial charge in [-0.3, -0.25) is 4.90 Å². The molecule has 1 N–H and O–H groups in total. The standard InChI is InChI=1S/C19H21NO/c21-19-9-8-16-15-7-3-2-6-14(15)12-17(16)18(19)13-20-10-4-1-5-11-20/h2-3,6-9,21H,1,4-5,10-13H2. The van der Waals surface area contributed by atoms with Crippen molar-refractivity contribution in [2.75, 3.05) is 13.1 Å². The van der Waals surface area contributed by atoms with Crippen molar-refractivity contribution in [1.29, 1.82) is 0 Å². The van der Waals surface area contributed by atoms with E-state index in [9.17, 15) is 5.11 Å². The number of phenols is 1. The Kier molecular flexibility index (Phi) is 3.19. The van der Waals surface area contributed by atoms with Gasteiger partial charge in [0.1, 0.15) is 5.75 Å². The molecular formula is C19H21NO. The largest absolute Gasteiger partial charge is 0.508 e. The van der Waals surface area contributed by atoms with E-state index < -0.39 is 0 Å². The summed E-state index contributed by atoms with van der Waals surface area (Å²) in [5.41, 5.74) is 6.52. The molecule has 2 aromatic rings. The van der Waals surface area contributed by atoms with Crippen LogP contribution in [0.1, 0.15) is 36.0 Å². The Morgan fingerprint density at radius 2 is 1.71 bits per heavy atom. The van der Waals surface area contributed by atoms with Crippen molar-refractivity contribution in [3.8, 4) is 16.9 Å². The maximum absolute atomic E-state index is 10.4. The Bertz CT molecular complexity index is 671. The molecule has 108 valence electrons. The first-order valence-electron chi connectivity index (χ1n) is 7.97. The van der Waals surface area contributed by atoms with Gasteiger partial charge in [0.2, 0.25) is 0 Å².